The molecule has 96 valence electrons. The molecule has 0 aliphatic carbocycles. The Bertz CT molecular complexity index is 528. The van der Waals surface area contributed by atoms with Gasteiger partial charge in [0.2, 0.25) is 0 Å². The Balaban J connectivity index is 2.46. The van der Waals surface area contributed by atoms with Crippen molar-refractivity contribution in [3.63, 3.8) is 0 Å². The molecular formula is C13H12Cl3NO. The lowest BCUT2D eigenvalue weighted by molar-refractivity contribution is 0.489. The molecule has 0 bridgehead atoms. The maximum atomic E-state index is 6.20. The zero-order valence-corrected chi connectivity index (χ0v) is 12.0. The quantitative estimate of drug-likeness (QED) is 0.858. The zero-order chi connectivity index (χ0) is 13.1. The van der Waals surface area contributed by atoms with Gasteiger partial charge in [0.25, 0.3) is 0 Å². The molecule has 0 amide bonds. The standard InChI is InChI=1S/C13H12Cl3NO/c1-2-17-7-12-9(3-4-18-12)13-10(15)5-8(14)6-11(13)16/h3-6,17H,2,7H2,1H3. The summed E-state index contributed by atoms with van der Waals surface area (Å²) in [5.41, 5.74) is 1.65. The SMILES string of the molecule is CCNCc1occc1-c1c(Cl)cc(Cl)cc1Cl. The van der Waals surface area contributed by atoms with Crippen molar-refractivity contribution >= 4 is 34.8 Å². The Morgan fingerprint density at radius 1 is 1.17 bits per heavy atom. The molecule has 18 heavy (non-hydrogen) atoms. The van der Waals surface area contributed by atoms with Gasteiger partial charge in [-0.1, -0.05) is 41.7 Å². The van der Waals surface area contributed by atoms with Gasteiger partial charge in [-0.2, -0.15) is 0 Å². The van der Waals surface area contributed by atoms with Gasteiger partial charge in [0, 0.05) is 16.1 Å². The van der Waals surface area contributed by atoms with Crippen molar-refractivity contribution in [1.82, 2.24) is 5.32 Å². The molecule has 2 rings (SSSR count). The monoisotopic (exact) mass is 303 g/mol. The highest BCUT2D eigenvalue weighted by Crippen LogP contribution is 2.39. The molecule has 0 saturated heterocycles. The van der Waals surface area contributed by atoms with Crippen LogP contribution in [0.4, 0.5) is 0 Å². The average Bonchev–Trinajstić information content (AvgIpc) is 2.73. The van der Waals surface area contributed by atoms with E-state index in [-0.39, 0.29) is 0 Å². The first-order valence-corrected chi connectivity index (χ1v) is 6.69. The van der Waals surface area contributed by atoms with Crippen molar-refractivity contribution in [1.29, 1.82) is 0 Å². The minimum atomic E-state index is 0.519. The van der Waals surface area contributed by atoms with Gasteiger partial charge in [-0.05, 0) is 24.7 Å². The summed E-state index contributed by atoms with van der Waals surface area (Å²) in [7, 11) is 0. The minimum Gasteiger partial charge on any atom is -0.467 e. The van der Waals surface area contributed by atoms with E-state index in [4.69, 9.17) is 39.2 Å². The number of halogens is 3. The molecular weight excluding hydrogens is 293 g/mol. The molecule has 5 heteroatoms. The summed E-state index contributed by atoms with van der Waals surface area (Å²) in [5.74, 6) is 0.808. The lowest BCUT2D eigenvalue weighted by atomic mass is 10.1. The molecule has 0 saturated carbocycles. The van der Waals surface area contributed by atoms with Gasteiger partial charge in [0.1, 0.15) is 5.76 Å². The minimum absolute atomic E-state index is 0.519. The fourth-order valence-corrected chi connectivity index (χ4v) is 2.76. The predicted octanol–water partition coefficient (Wildman–Crippen LogP) is 5.02. The van der Waals surface area contributed by atoms with Crippen LogP contribution in [0.1, 0.15) is 12.7 Å². The van der Waals surface area contributed by atoms with Crippen LogP contribution >= 0.6 is 34.8 Å². The van der Waals surface area contributed by atoms with Crippen molar-refractivity contribution in [3.05, 3.63) is 45.3 Å². The van der Waals surface area contributed by atoms with E-state index in [2.05, 4.69) is 5.32 Å². The number of nitrogens with one attached hydrogen (secondary N) is 1. The Labute approximate surface area is 121 Å². The molecule has 0 atom stereocenters. The van der Waals surface area contributed by atoms with Crippen LogP contribution in [-0.4, -0.2) is 6.54 Å². The third-order valence-corrected chi connectivity index (χ3v) is 3.37. The number of furan rings is 1. The Morgan fingerprint density at radius 3 is 2.44 bits per heavy atom. The van der Waals surface area contributed by atoms with Crippen LogP contribution in [-0.2, 0) is 6.54 Å². The molecule has 0 fully saturated rings. The highest BCUT2D eigenvalue weighted by atomic mass is 35.5. The van der Waals surface area contributed by atoms with Gasteiger partial charge in [0.05, 0.1) is 22.9 Å². The lowest BCUT2D eigenvalue weighted by Crippen LogP contribution is -2.11. The summed E-state index contributed by atoms with van der Waals surface area (Å²) in [6.07, 6.45) is 1.63. The van der Waals surface area contributed by atoms with Crippen LogP contribution < -0.4 is 5.32 Å². The molecule has 0 spiro atoms. The molecule has 1 heterocycles. The van der Waals surface area contributed by atoms with Crippen molar-refractivity contribution in [2.45, 2.75) is 13.5 Å². The molecule has 0 aliphatic rings. The van der Waals surface area contributed by atoms with Crippen LogP contribution in [0, 0.1) is 0 Å². The Kier molecular flexibility index (Phi) is 4.57. The van der Waals surface area contributed by atoms with Crippen LogP contribution in [0.15, 0.2) is 28.9 Å². The van der Waals surface area contributed by atoms with Gasteiger partial charge < -0.3 is 9.73 Å². The number of hydrogen-bond acceptors (Lipinski definition) is 2. The van der Waals surface area contributed by atoms with Gasteiger partial charge >= 0.3 is 0 Å². The molecule has 0 unspecified atom stereocenters. The van der Waals surface area contributed by atoms with Crippen LogP contribution in [0.3, 0.4) is 0 Å². The predicted molar refractivity (Wildman–Crippen MR) is 76.6 cm³/mol. The third-order valence-electron chi connectivity index (χ3n) is 2.56. The second-order valence-electron chi connectivity index (χ2n) is 3.78. The van der Waals surface area contributed by atoms with E-state index in [0.29, 0.717) is 21.6 Å². The van der Waals surface area contributed by atoms with E-state index in [1.165, 1.54) is 0 Å². The van der Waals surface area contributed by atoms with Crippen molar-refractivity contribution in [2.24, 2.45) is 0 Å². The van der Waals surface area contributed by atoms with E-state index in [1.807, 2.05) is 13.0 Å². The smallest absolute Gasteiger partial charge is 0.125 e. The summed E-state index contributed by atoms with van der Waals surface area (Å²) in [6, 6.07) is 5.20. The van der Waals surface area contributed by atoms with Crippen molar-refractivity contribution in [2.75, 3.05) is 6.54 Å². The van der Waals surface area contributed by atoms with Crippen LogP contribution in [0.25, 0.3) is 11.1 Å². The molecule has 2 nitrogen and oxygen atoms in total. The van der Waals surface area contributed by atoms with E-state index >= 15 is 0 Å². The maximum absolute atomic E-state index is 6.20. The van der Waals surface area contributed by atoms with Gasteiger partial charge in [-0.25, -0.2) is 0 Å². The third kappa shape index (κ3) is 2.83. The highest BCUT2D eigenvalue weighted by molar-refractivity contribution is 6.41. The van der Waals surface area contributed by atoms with Gasteiger partial charge in [0.15, 0.2) is 0 Å². The first kappa shape index (κ1) is 13.8. The van der Waals surface area contributed by atoms with Crippen LogP contribution in [0.2, 0.25) is 15.1 Å². The van der Waals surface area contributed by atoms with E-state index in [0.717, 1.165) is 23.4 Å². The number of benzene rings is 1. The molecule has 0 aliphatic heterocycles. The first-order chi connectivity index (χ1) is 8.63. The number of hydrogen-bond donors (Lipinski definition) is 1. The van der Waals surface area contributed by atoms with Gasteiger partial charge in [-0.3, -0.25) is 0 Å². The summed E-state index contributed by atoms with van der Waals surface area (Å²) in [4.78, 5) is 0. The second-order valence-corrected chi connectivity index (χ2v) is 5.03. The second kappa shape index (κ2) is 5.98. The summed E-state index contributed by atoms with van der Waals surface area (Å²) < 4.78 is 5.45. The summed E-state index contributed by atoms with van der Waals surface area (Å²) >= 11 is 18.3. The molecule has 2 aromatic rings. The van der Waals surface area contributed by atoms with Gasteiger partial charge in [-0.15, -0.1) is 0 Å². The first-order valence-electron chi connectivity index (χ1n) is 5.55. The van der Waals surface area contributed by atoms with E-state index < -0.39 is 0 Å². The fourth-order valence-electron chi connectivity index (χ4n) is 1.74. The topological polar surface area (TPSA) is 25.2 Å². The molecule has 1 N–H and O–H groups in total. The fraction of sp³-hybridized carbons (Fsp3) is 0.231. The maximum Gasteiger partial charge on any atom is 0.125 e. The van der Waals surface area contributed by atoms with Crippen molar-refractivity contribution in [3.8, 4) is 11.1 Å². The Hall–Kier alpha value is -0.670. The van der Waals surface area contributed by atoms with Crippen LogP contribution in [0.5, 0.6) is 0 Å². The normalized spacial score (nSPS) is 10.9. The average molecular weight is 305 g/mol. The molecule has 0 radical (unpaired) electrons. The van der Waals surface area contributed by atoms with Crippen molar-refractivity contribution < 1.29 is 4.42 Å². The van der Waals surface area contributed by atoms with E-state index in [1.54, 1.807) is 18.4 Å². The Morgan fingerprint density at radius 2 is 1.83 bits per heavy atom. The summed E-state index contributed by atoms with van der Waals surface area (Å²) in [6.45, 7) is 3.53. The molecule has 1 aromatic heterocycles. The number of rotatable bonds is 4. The van der Waals surface area contributed by atoms with E-state index in [9.17, 15) is 0 Å². The highest BCUT2D eigenvalue weighted by Gasteiger charge is 2.15. The molecule has 1 aromatic carbocycles. The summed E-state index contributed by atoms with van der Waals surface area (Å²) in [5, 5.41) is 4.76. The zero-order valence-electron chi connectivity index (χ0n) is 9.77. The largest absolute Gasteiger partial charge is 0.467 e. The lowest BCUT2D eigenvalue weighted by Gasteiger charge is -2.08.